The average molecular weight is 419 g/mol. The fourth-order valence-electron chi connectivity index (χ4n) is 3.37. The highest BCUT2D eigenvalue weighted by atomic mass is 32.2. The molecular weight excluding hydrogens is 392 g/mol. The van der Waals surface area contributed by atoms with Crippen LogP contribution in [0.4, 0.5) is 0 Å². The highest BCUT2D eigenvalue weighted by molar-refractivity contribution is 8.15. The summed E-state index contributed by atoms with van der Waals surface area (Å²) < 4.78 is 15.9. The molecule has 7 nitrogen and oxygen atoms in total. The number of carbonyl (C=O) groups excluding carboxylic acids is 2. The molecule has 0 unspecified atom stereocenters. The van der Waals surface area contributed by atoms with Crippen LogP contribution in [0.25, 0.3) is 0 Å². The van der Waals surface area contributed by atoms with Crippen LogP contribution in [0.5, 0.6) is 5.75 Å². The van der Waals surface area contributed by atoms with E-state index >= 15 is 0 Å². The number of fused-ring (bicyclic) bond motifs is 1. The maximum atomic E-state index is 13.1. The summed E-state index contributed by atoms with van der Waals surface area (Å²) in [5.41, 5.74) is 1.75. The van der Waals surface area contributed by atoms with Gasteiger partial charge in [-0.2, -0.15) is 0 Å². The number of allylic oxidation sites excluding steroid dienone is 1. The summed E-state index contributed by atoms with van der Waals surface area (Å²) in [6.07, 6.45) is 0.696. The van der Waals surface area contributed by atoms with Gasteiger partial charge in [0.1, 0.15) is 12.4 Å². The molecule has 3 rings (SSSR count). The van der Waals surface area contributed by atoms with E-state index in [9.17, 15) is 9.59 Å². The molecular formula is C21H26N2O5S. The van der Waals surface area contributed by atoms with Crippen LogP contribution in [0.1, 0.15) is 38.8 Å². The molecule has 0 radical (unpaired) electrons. The molecule has 156 valence electrons. The van der Waals surface area contributed by atoms with Crippen molar-refractivity contribution in [3.05, 3.63) is 41.1 Å². The Labute approximate surface area is 175 Å². The summed E-state index contributed by atoms with van der Waals surface area (Å²) in [4.78, 5) is 32.2. The zero-order chi connectivity index (χ0) is 21.0. The summed E-state index contributed by atoms with van der Waals surface area (Å²) in [7, 11) is 1.54. The molecule has 1 saturated heterocycles. The quantitative estimate of drug-likeness (QED) is 0.476. The molecule has 29 heavy (non-hydrogen) atoms. The summed E-state index contributed by atoms with van der Waals surface area (Å²) in [5.74, 6) is 0.211. The van der Waals surface area contributed by atoms with Gasteiger partial charge in [0.15, 0.2) is 5.17 Å². The summed E-state index contributed by atoms with van der Waals surface area (Å²) in [6.45, 7) is 6.68. The predicted octanol–water partition coefficient (Wildman–Crippen LogP) is 3.31. The number of carbonyl (C=O) groups is 2. The number of thioether (sulfide) groups is 1. The number of rotatable bonds is 8. The van der Waals surface area contributed by atoms with Crippen LogP contribution in [0.15, 0.2) is 40.5 Å². The molecule has 1 amide bonds. The SMILES string of the molecule is CCOc1ccc([C@@H]2C(C(=O)OCCOC)=C(C)N=C3S[C@@H](CC)C(=O)N32)cc1. The average Bonchev–Trinajstić information content (AvgIpc) is 3.03. The Morgan fingerprint density at radius 3 is 2.55 bits per heavy atom. The fraction of sp³-hybridized carbons (Fsp3) is 0.476. The van der Waals surface area contributed by atoms with Gasteiger partial charge in [-0.05, 0) is 38.0 Å². The van der Waals surface area contributed by atoms with Crippen LogP contribution in [-0.2, 0) is 19.1 Å². The molecule has 2 atom stereocenters. The molecule has 2 aliphatic rings. The van der Waals surface area contributed by atoms with Crippen LogP contribution in [0, 0.1) is 0 Å². The number of benzene rings is 1. The summed E-state index contributed by atoms with van der Waals surface area (Å²) in [5, 5.41) is 0.433. The molecule has 1 aromatic carbocycles. The van der Waals surface area contributed by atoms with Crippen LogP contribution in [-0.4, -0.2) is 54.1 Å². The second kappa shape index (κ2) is 9.45. The van der Waals surface area contributed by atoms with Crippen molar-refractivity contribution in [3.63, 3.8) is 0 Å². The lowest BCUT2D eigenvalue weighted by molar-refractivity contribution is -0.141. The van der Waals surface area contributed by atoms with Gasteiger partial charge in [-0.1, -0.05) is 30.8 Å². The lowest BCUT2D eigenvalue weighted by atomic mass is 9.94. The van der Waals surface area contributed by atoms with E-state index in [0.29, 0.717) is 36.1 Å². The predicted molar refractivity (Wildman–Crippen MR) is 112 cm³/mol. The van der Waals surface area contributed by atoms with E-state index in [2.05, 4.69) is 4.99 Å². The summed E-state index contributed by atoms with van der Waals surface area (Å²) in [6, 6.07) is 6.87. The van der Waals surface area contributed by atoms with Crippen molar-refractivity contribution >= 4 is 28.8 Å². The molecule has 1 fully saturated rings. The Morgan fingerprint density at radius 2 is 1.93 bits per heavy atom. The van der Waals surface area contributed by atoms with Gasteiger partial charge in [0.05, 0.1) is 35.8 Å². The van der Waals surface area contributed by atoms with Crippen LogP contribution in [0.3, 0.4) is 0 Å². The van der Waals surface area contributed by atoms with Crippen molar-refractivity contribution < 1.29 is 23.8 Å². The molecule has 0 N–H and O–H groups in total. The van der Waals surface area contributed by atoms with E-state index in [0.717, 1.165) is 11.3 Å². The number of hydrogen-bond acceptors (Lipinski definition) is 7. The van der Waals surface area contributed by atoms with E-state index in [-0.39, 0.29) is 17.8 Å². The smallest absolute Gasteiger partial charge is 0.338 e. The number of ether oxygens (including phenoxy) is 3. The lowest BCUT2D eigenvalue weighted by Crippen LogP contribution is -2.40. The molecule has 2 aliphatic heterocycles. The van der Waals surface area contributed by atoms with Gasteiger partial charge in [0, 0.05) is 7.11 Å². The minimum absolute atomic E-state index is 0.0372. The maximum absolute atomic E-state index is 13.1. The van der Waals surface area contributed by atoms with Gasteiger partial charge >= 0.3 is 5.97 Å². The monoisotopic (exact) mass is 418 g/mol. The van der Waals surface area contributed by atoms with Crippen molar-refractivity contribution in [2.45, 2.75) is 38.5 Å². The Bertz CT molecular complexity index is 834. The number of amides is 1. The Kier molecular flexibility index (Phi) is 6.97. The second-order valence-electron chi connectivity index (χ2n) is 6.65. The molecule has 0 saturated carbocycles. The maximum Gasteiger partial charge on any atom is 0.338 e. The van der Waals surface area contributed by atoms with E-state index in [1.807, 2.05) is 38.1 Å². The normalized spacial score (nSPS) is 21.2. The van der Waals surface area contributed by atoms with Crippen LogP contribution < -0.4 is 4.74 Å². The first-order valence-corrected chi connectivity index (χ1v) is 10.6. The van der Waals surface area contributed by atoms with Crippen molar-refractivity contribution in [1.82, 2.24) is 4.90 Å². The second-order valence-corrected chi connectivity index (χ2v) is 7.82. The molecule has 0 spiro atoms. The highest BCUT2D eigenvalue weighted by Crippen LogP contribution is 2.44. The third-order valence-corrected chi connectivity index (χ3v) is 6.09. The van der Waals surface area contributed by atoms with Gasteiger partial charge in [0.2, 0.25) is 5.91 Å². The van der Waals surface area contributed by atoms with Gasteiger partial charge in [0.25, 0.3) is 0 Å². The van der Waals surface area contributed by atoms with Crippen molar-refractivity contribution in [1.29, 1.82) is 0 Å². The van der Waals surface area contributed by atoms with Crippen LogP contribution in [0.2, 0.25) is 0 Å². The number of aliphatic imine (C=N–C) groups is 1. The van der Waals surface area contributed by atoms with E-state index in [1.54, 1.807) is 18.9 Å². The fourth-order valence-corrected chi connectivity index (χ4v) is 4.51. The van der Waals surface area contributed by atoms with E-state index < -0.39 is 12.0 Å². The summed E-state index contributed by atoms with van der Waals surface area (Å²) >= 11 is 1.45. The largest absolute Gasteiger partial charge is 0.494 e. The first-order chi connectivity index (χ1) is 14.0. The minimum atomic E-state index is -0.579. The molecule has 0 aliphatic carbocycles. The van der Waals surface area contributed by atoms with Gasteiger partial charge in [-0.15, -0.1) is 0 Å². The van der Waals surface area contributed by atoms with Gasteiger partial charge in [-0.25, -0.2) is 9.79 Å². The van der Waals surface area contributed by atoms with E-state index in [4.69, 9.17) is 14.2 Å². The zero-order valence-electron chi connectivity index (χ0n) is 17.1. The first kappa shape index (κ1) is 21.4. The number of methoxy groups -OCH3 is 1. The number of esters is 1. The third-order valence-electron chi connectivity index (χ3n) is 4.77. The number of amidine groups is 1. The number of hydrogen-bond donors (Lipinski definition) is 0. The van der Waals surface area contributed by atoms with E-state index in [1.165, 1.54) is 11.8 Å². The molecule has 2 heterocycles. The first-order valence-electron chi connectivity index (χ1n) is 9.69. The van der Waals surface area contributed by atoms with Crippen molar-refractivity contribution in [2.24, 2.45) is 4.99 Å². The third kappa shape index (κ3) is 4.33. The molecule has 1 aromatic rings. The lowest BCUT2D eigenvalue weighted by Gasteiger charge is -2.33. The Balaban J connectivity index is 2.01. The van der Waals surface area contributed by atoms with Crippen molar-refractivity contribution in [3.8, 4) is 5.75 Å². The molecule has 0 aromatic heterocycles. The minimum Gasteiger partial charge on any atom is -0.494 e. The molecule has 8 heteroatoms. The Hall–Kier alpha value is -2.32. The zero-order valence-corrected chi connectivity index (χ0v) is 18.0. The number of nitrogens with zero attached hydrogens (tertiary/aromatic N) is 2. The highest BCUT2D eigenvalue weighted by Gasteiger charge is 2.47. The Morgan fingerprint density at radius 1 is 1.21 bits per heavy atom. The topological polar surface area (TPSA) is 77.4 Å². The van der Waals surface area contributed by atoms with Crippen molar-refractivity contribution in [2.75, 3.05) is 26.9 Å². The molecule has 0 bridgehead atoms. The van der Waals surface area contributed by atoms with Gasteiger partial charge in [-0.3, -0.25) is 9.69 Å². The van der Waals surface area contributed by atoms with Crippen LogP contribution >= 0.6 is 11.8 Å². The standard InChI is InChI=1S/C21H26N2O5S/c1-5-16-19(24)23-18(14-7-9-15(10-8-14)27-6-2)17(13(3)22-21(23)29-16)20(25)28-12-11-26-4/h7-10,16,18H,5-6,11-12H2,1-4H3/t16-,18+/m0/s1. The van der Waals surface area contributed by atoms with Gasteiger partial charge < -0.3 is 14.2 Å².